The van der Waals surface area contributed by atoms with E-state index in [1.807, 2.05) is 0 Å². The minimum Gasteiger partial charge on any atom is -0.496 e. The molecule has 25 heavy (non-hydrogen) atoms. The first kappa shape index (κ1) is 16.9. The van der Waals surface area contributed by atoms with Gasteiger partial charge < -0.3 is 10.5 Å². The summed E-state index contributed by atoms with van der Waals surface area (Å²) in [7, 11) is 3.00. The first-order valence-electron chi connectivity index (χ1n) is 7.54. The topological polar surface area (TPSA) is 67.9 Å². The van der Waals surface area contributed by atoms with Crippen LogP contribution in [-0.2, 0) is 10.3 Å². The number of guanidine groups is 1. The number of carbonyl (C=O) groups excluding carboxylic acids is 1. The van der Waals surface area contributed by atoms with E-state index in [2.05, 4.69) is 4.99 Å². The highest BCUT2D eigenvalue weighted by Crippen LogP contribution is 2.41. The normalized spacial score (nSPS) is 20.0. The quantitative estimate of drug-likeness (QED) is 0.928. The van der Waals surface area contributed by atoms with Crippen molar-refractivity contribution >= 4 is 11.9 Å². The summed E-state index contributed by atoms with van der Waals surface area (Å²) in [5.74, 6) is -1.48. The number of benzene rings is 2. The molecule has 0 spiro atoms. The van der Waals surface area contributed by atoms with Crippen LogP contribution in [0.2, 0.25) is 0 Å². The molecular formula is C18H17F2N3O2. The van der Waals surface area contributed by atoms with Gasteiger partial charge in [-0.1, -0.05) is 6.07 Å². The molecule has 1 aliphatic heterocycles. The standard InChI is InChI=1S/C18H17F2N3O2/c1-10-6-11(4-5-15(10)25-3)18(16(24)23(2)17(21)22-18)12-7-13(19)9-14(20)8-12/h4-9H,1-3H3,(H2,21,22). The smallest absolute Gasteiger partial charge is 0.266 e. The average Bonchev–Trinajstić information content (AvgIpc) is 2.79. The van der Waals surface area contributed by atoms with Crippen molar-refractivity contribution in [3.63, 3.8) is 0 Å². The molecule has 3 rings (SSSR count). The Morgan fingerprint density at radius 1 is 1.12 bits per heavy atom. The van der Waals surface area contributed by atoms with Gasteiger partial charge in [-0.05, 0) is 47.9 Å². The number of hydrogen-bond donors (Lipinski definition) is 1. The Hall–Kier alpha value is -2.96. The second kappa shape index (κ2) is 5.84. The van der Waals surface area contributed by atoms with E-state index in [0.717, 1.165) is 23.8 Å². The van der Waals surface area contributed by atoms with Gasteiger partial charge in [0.1, 0.15) is 17.4 Å². The zero-order valence-electron chi connectivity index (χ0n) is 14.0. The molecule has 1 heterocycles. The van der Waals surface area contributed by atoms with Crippen LogP contribution >= 0.6 is 0 Å². The van der Waals surface area contributed by atoms with Crippen molar-refractivity contribution in [3.05, 3.63) is 64.7 Å². The summed E-state index contributed by atoms with van der Waals surface area (Å²) >= 11 is 0. The van der Waals surface area contributed by atoms with Crippen LogP contribution in [0.15, 0.2) is 41.4 Å². The van der Waals surface area contributed by atoms with Crippen LogP contribution in [0.5, 0.6) is 5.75 Å². The van der Waals surface area contributed by atoms with E-state index in [4.69, 9.17) is 10.5 Å². The highest BCUT2D eigenvalue weighted by molar-refractivity contribution is 6.08. The molecule has 1 amide bonds. The molecule has 0 fully saturated rings. The molecule has 1 aliphatic rings. The van der Waals surface area contributed by atoms with E-state index in [0.29, 0.717) is 11.3 Å². The van der Waals surface area contributed by atoms with Crippen LogP contribution in [0, 0.1) is 18.6 Å². The Kier molecular flexibility index (Phi) is 3.94. The van der Waals surface area contributed by atoms with Crippen molar-refractivity contribution < 1.29 is 18.3 Å². The van der Waals surface area contributed by atoms with Gasteiger partial charge >= 0.3 is 0 Å². The fourth-order valence-corrected chi connectivity index (χ4v) is 3.05. The van der Waals surface area contributed by atoms with Gasteiger partial charge in [0.2, 0.25) is 0 Å². The number of hydrogen-bond acceptors (Lipinski definition) is 4. The molecule has 0 saturated heterocycles. The molecule has 2 aromatic rings. The van der Waals surface area contributed by atoms with Crippen molar-refractivity contribution in [1.82, 2.24) is 4.90 Å². The lowest BCUT2D eigenvalue weighted by Crippen LogP contribution is -2.41. The third kappa shape index (κ3) is 2.52. The van der Waals surface area contributed by atoms with E-state index in [1.165, 1.54) is 19.1 Å². The second-order valence-corrected chi connectivity index (χ2v) is 5.89. The van der Waals surface area contributed by atoms with Crippen molar-refractivity contribution in [2.24, 2.45) is 10.7 Å². The maximum absolute atomic E-state index is 13.8. The molecule has 1 unspecified atom stereocenters. The Balaban J connectivity index is 2.31. The average molecular weight is 345 g/mol. The molecule has 0 bridgehead atoms. The molecule has 1 atom stereocenters. The van der Waals surface area contributed by atoms with Crippen LogP contribution in [0.1, 0.15) is 16.7 Å². The van der Waals surface area contributed by atoms with E-state index in [1.54, 1.807) is 25.1 Å². The van der Waals surface area contributed by atoms with Gasteiger partial charge in [0.15, 0.2) is 11.5 Å². The predicted molar refractivity (Wildman–Crippen MR) is 89.3 cm³/mol. The van der Waals surface area contributed by atoms with Gasteiger partial charge in [0, 0.05) is 13.1 Å². The highest BCUT2D eigenvalue weighted by Gasteiger charge is 2.50. The Morgan fingerprint density at radius 2 is 1.76 bits per heavy atom. The van der Waals surface area contributed by atoms with Crippen molar-refractivity contribution in [2.45, 2.75) is 12.5 Å². The molecular weight excluding hydrogens is 328 g/mol. The molecule has 0 aromatic heterocycles. The maximum Gasteiger partial charge on any atom is 0.266 e. The number of likely N-dealkylation sites (N-methyl/N-ethyl adjacent to an activating group) is 1. The van der Waals surface area contributed by atoms with Crippen LogP contribution in [0.3, 0.4) is 0 Å². The van der Waals surface area contributed by atoms with E-state index >= 15 is 0 Å². The number of ether oxygens (including phenoxy) is 1. The number of methoxy groups -OCH3 is 1. The number of halogens is 2. The van der Waals surface area contributed by atoms with Gasteiger partial charge in [-0.15, -0.1) is 0 Å². The first-order chi connectivity index (χ1) is 11.8. The maximum atomic E-state index is 13.8. The fourth-order valence-electron chi connectivity index (χ4n) is 3.05. The number of nitrogens with zero attached hydrogens (tertiary/aromatic N) is 2. The SMILES string of the molecule is COc1ccc(C2(c3cc(F)cc(F)c3)N=C(N)N(C)C2=O)cc1C. The minimum absolute atomic E-state index is 0.0249. The molecule has 7 heteroatoms. The predicted octanol–water partition coefficient (Wildman–Crippen LogP) is 2.31. The van der Waals surface area contributed by atoms with Crippen LogP contribution in [-0.4, -0.2) is 30.9 Å². The molecule has 2 N–H and O–H groups in total. The summed E-state index contributed by atoms with van der Waals surface area (Å²) in [6.07, 6.45) is 0. The summed E-state index contributed by atoms with van der Waals surface area (Å²) in [5, 5.41) is 0. The van der Waals surface area contributed by atoms with Gasteiger partial charge in [0.05, 0.1) is 7.11 Å². The fraction of sp³-hybridized carbons (Fsp3) is 0.222. The van der Waals surface area contributed by atoms with Crippen LogP contribution in [0.25, 0.3) is 0 Å². The summed E-state index contributed by atoms with van der Waals surface area (Å²) in [6, 6.07) is 7.96. The summed E-state index contributed by atoms with van der Waals surface area (Å²) < 4.78 is 32.9. The molecule has 2 aromatic carbocycles. The molecule has 0 aliphatic carbocycles. The highest BCUT2D eigenvalue weighted by atomic mass is 19.1. The largest absolute Gasteiger partial charge is 0.496 e. The van der Waals surface area contributed by atoms with E-state index in [9.17, 15) is 13.6 Å². The summed E-state index contributed by atoms with van der Waals surface area (Å²) in [5.41, 5.74) is 5.48. The molecule has 0 saturated carbocycles. The second-order valence-electron chi connectivity index (χ2n) is 5.89. The van der Waals surface area contributed by atoms with Gasteiger partial charge in [-0.2, -0.15) is 0 Å². The van der Waals surface area contributed by atoms with E-state index in [-0.39, 0.29) is 11.5 Å². The molecule has 130 valence electrons. The number of amides is 1. The van der Waals surface area contributed by atoms with E-state index < -0.39 is 23.1 Å². The van der Waals surface area contributed by atoms with Crippen molar-refractivity contribution in [2.75, 3.05) is 14.2 Å². The van der Waals surface area contributed by atoms with Crippen molar-refractivity contribution in [3.8, 4) is 5.75 Å². The lowest BCUT2D eigenvalue weighted by molar-refractivity contribution is -0.129. The molecule has 0 radical (unpaired) electrons. The lowest BCUT2D eigenvalue weighted by Gasteiger charge is -2.26. The van der Waals surface area contributed by atoms with Crippen LogP contribution in [0.4, 0.5) is 8.78 Å². The number of nitrogens with two attached hydrogens (primary N) is 1. The lowest BCUT2D eigenvalue weighted by atomic mass is 9.82. The van der Waals surface area contributed by atoms with Gasteiger partial charge in [0.25, 0.3) is 5.91 Å². The Morgan fingerprint density at radius 3 is 2.24 bits per heavy atom. The Labute approximate surface area is 143 Å². The van der Waals surface area contributed by atoms with Crippen molar-refractivity contribution in [1.29, 1.82) is 0 Å². The number of aryl methyl sites for hydroxylation is 1. The van der Waals surface area contributed by atoms with Crippen LogP contribution < -0.4 is 10.5 Å². The summed E-state index contributed by atoms with van der Waals surface area (Å²) in [4.78, 5) is 18.4. The monoisotopic (exact) mass is 345 g/mol. The number of rotatable bonds is 3. The third-order valence-corrected chi connectivity index (χ3v) is 4.33. The molecule has 5 nitrogen and oxygen atoms in total. The Bertz CT molecular complexity index is 878. The zero-order valence-corrected chi connectivity index (χ0v) is 14.0. The summed E-state index contributed by atoms with van der Waals surface area (Å²) in [6.45, 7) is 1.80. The zero-order chi connectivity index (χ0) is 18.4. The van der Waals surface area contributed by atoms with Gasteiger partial charge in [-0.3, -0.25) is 9.69 Å². The minimum atomic E-state index is -1.64. The van der Waals surface area contributed by atoms with Gasteiger partial charge in [-0.25, -0.2) is 13.8 Å². The first-order valence-corrected chi connectivity index (χ1v) is 7.54. The number of aliphatic imine (C=N–C) groups is 1. The third-order valence-electron chi connectivity index (χ3n) is 4.33. The number of carbonyl (C=O) groups is 1.